The molecule has 1 aromatic rings. The van der Waals surface area contributed by atoms with E-state index in [2.05, 4.69) is 15.6 Å². The summed E-state index contributed by atoms with van der Waals surface area (Å²) in [7, 11) is 0. The average molecular weight is 512 g/mol. The molecular weight excluding hydrogens is 479 g/mol. The highest BCUT2D eigenvalue weighted by atomic mass is 19.4. The first-order chi connectivity index (χ1) is 16.4. The van der Waals surface area contributed by atoms with Gasteiger partial charge in [-0.25, -0.2) is 4.68 Å². The Hall–Kier alpha value is -3.17. The topological polar surface area (TPSA) is 133 Å². The summed E-state index contributed by atoms with van der Waals surface area (Å²) in [5.41, 5.74) is 0.104. The Bertz CT molecular complexity index is 1100. The largest absolute Gasteiger partial charge is 0.471 e. The van der Waals surface area contributed by atoms with E-state index in [4.69, 9.17) is 0 Å². The van der Waals surface area contributed by atoms with Crippen molar-refractivity contribution in [3.63, 3.8) is 0 Å². The molecular formula is C23H32F3N7O3. The molecule has 3 amide bonds. The van der Waals surface area contributed by atoms with E-state index < -0.39 is 47.4 Å². The molecule has 0 radical (unpaired) electrons. The zero-order valence-corrected chi connectivity index (χ0v) is 21.4. The van der Waals surface area contributed by atoms with E-state index in [-0.39, 0.29) is 30.3 Å². The molecule has 36 heavy (non-hydrogen) atoms. The van der Waals surface area contributed by atoms with Gasteiger partial charge in [0.25, 0.3) is 0 Å². The summed E-state index contributed by atoms with van der Waals surface area (Å²) >= 11 is 0. The Morgan fingerprint density at radius 1 is 1.19 bits per heavy atom. The third-order valence-corrected chi connectivity index (χ3v) is 7.45. The number of nitrogens with one attached hydrogen (secondary N) is 2. The normalized spacial score (nSPS) is 24.4. The zero-order valence-electron chi connectivity index (χ0n) is 21.4. The van der Waals surface area contributed by atoms with Gasteiger partial charge in [-0.15, -0.1) is 5.10 Å². The van der Waals surface area contributed by atoms with Gasteiger partial charge < -0.3 is 15.5 Å². The lowest BCUT2D eigenvalue weighted by Gasteiger charge is -2.37. The van der Waals surface area contributed by atoms with Crippen molar-refractivity contribution in [2.24, 2.45) is 22.7 Å². The summed E-state index contributed by atoms with van der Waals surface area (Å²) < 4.78 is 40.4. The highest BCUT2D eigenvalue weighted by Crippen LogP contribution is 2.65. The first-order valence-corrected chi connectivity index (χ1v) is 11.7. The molecule has 2 aliphatic rings. The molecule has 0 bridgehead atoms. The van der Waals surface area contributed by atoms with E-state index in [1.807, 2.05) is 25.2 Å². The monoisotopic (exact) mass is 511 g/mol. The zero-order chi connectivity index (χ0) is 27.4. The molecule has 0 spiro atoms. The van der Waals surface area contributed by atoms with Crippen molar-refractivity contribution in [2.75, 3.05) is 6.54 Å². The number of hydrogen-bond acceptors (Lipinski definition) is 6. The van der Waals surface area contributed by atoms with Crippen LogP contribution < -0.4 is 10.6 Å². The van der Waals surface area contributed by atoms with Crippen LogP contribution in [0.2, 0.25) is 0 Å². The van der Waals surface area contributed by atoms with Gasteiger partial charge in [-0.2, -0.15) is 18.4 Å². The van der Waals surface area contributed by atoms with E-state index in [0.717, 1.165) is 5.69 Å². The number of carbonyl (C=O) groups excluding carboxylic acids is 3. The molecule has 2 N–H and O–H groups in total. The van der Waals surface area contributed by atoms with Gasteiger partial charge in [-0.3, -0.25) is 14.4 Å². The third kappa shape index (κ3) is 5.03. The fraction of sp³-hybridized carbons (Fsp3) is 0.739. The van der Waals surface area contributed by atoms with Crippen LogP contribution in [0.3, 0.4) is 0 Å². The van der Waals surface area contributed by atoms with Crippen molar-refractivity contribution in [2.45, 2.75) is 79.3 Å². The fourth-order valence-corrected chi connectivity index (χ4v) is 5.01. The maximum absolute atomic E-state index is 13.5. The predicted molar refractivity (Wildman–Crippen MR) is 121 cm³/mol. The Kier molecular flexibility index (Phi) is 6.89. The molecule has 10 nitrogen and oxygen atoms in total. The number of aryl methyl sites for hydroxylation is 1. The minimum Gasteiger partial charge on any atom is -0.337 e. The SMILES string of the molecule is Cc1nnn(C[C@@H](C#N)NC(=O)[C@@H]2[C@@H]3[C@H](CN2C(=O)[C@@H](NC(=O)C(F)(F)F)C(C)(C)C)C3(C)C)c1C. The second-order valence-electron chi connectivity index (χ2n) is 11.3. The van der Waals surface area contributed by atoms with Crippen molar-refractivity contribution in [3.8, 4) is 6.07 Å². The number of halogens is 3. The first-order valence-electron chi connectivity index (χ1n) is 11.7. The third-order valence-electron chi connectivity index (χ3n) is 7.45. The highest BCUT2D eigenvalue weighted by molar-refractivity contribution is 5.95. The van der Waals surface area contributed by atoms with Crippen LogP contribution in [0.5, 0.6) is 0 Å². The van der Waals surface area contributed by atoms with Crippen LogP contribution in [0.15, 0.2) is 0 Å². The second kappa shape index (κ2) is 9.05. The molecule has 2 fully saturated rings. The number of amides is 3. The van der Waals surface area contributed by atoms with Crippen molar-refractivity contribution in [3.05, 3.63) is 11.4 Å². The van der Waals surface area contributed by atoms with Crippen LogP contribution in [-0.2, 0) is 20.9 Å². The summed E-state index contributed by atoms with van der Waals surface area (Å²) in [6.45, 7) is 12.3. The van der Waals surface area contributed by atoms with Crippen LogP contribution in [0.1, 0.15) is 46.0 Å². The smallest absolute Gasteiger partial charge is 0.337 e. The molecule has 1 aromatic heterocycles. The van der Waals surface area contributed by atoms with E-state index in [0.29, 0.717) is 5.69 Å². The molecule has 13 heteroatoms. The number of fused-ring (bicyclic) bond motifs is 1. The van der Waals surface area contributed by atoms with Gasteiger partial charge in [-0.05, 0) is 36.5 Å². The van der Waals surface area contributed by atoms with E-state index in [9.17, 15) is 32.8 Å². The summed E-state index contributed by atoms with van der Waals surface area (Å²) in [4.78, 5) is 39.9. The molecule has 1 aliphatic carbocycles. The molecule has 198 valence electrons. The van der Waals surface area contributed by atoms with Gasteiger partial charge in [-0.1, -0.05) is 39.8 Å². The number of rotatable bonds is 6. The lowest BCUT2D eigenvalue weighted by molar-refractivity contribution is -0.176. The van der Waals surface area contributed by atoms with Crippen molar-refractivity contribution >= 4 is 17.7 Å². The highest BCUT2D eigenvalue weighted by Gasteiger charge is 2.70. The molecule has 1 saturated heterocycles. The number of aromatic nitrogens is 3. The van der Waals surface area contributed by atoms with E-state index in [1.165, 1.54) is 30.4 Å². The fourth-order valence-electron chi connectivity index (χ4n) is 5.01. The number of likely N-dealkylation sites (tertiary alicyclic amines) is 1. The lowest BCUT2D eigenvalue weighted by atomic mass is 9.85. The molecule has 3 rings (SSSR count). The summed E-state index contributed by atoms with van der Waals surface area (Å²) in [6, 6.07) is -1.45. The number of nitriles is 1. The maximum atomic E-state index is 13.5. The van der Waals surface area contributed by atoms with Crippen LogP contribution in [0.4, 0.5) is 13.2 Å². The maximum Gasteiger partial charge on any atom is 0.471 e. The number of nitrogens with zero attached hydrogens (tertiary/aromatic N) is 5. The van der Waals surface area contributed by atoms with Crippen LogP contribution in [-0.4, -0.2) is 68.5 Å². The Balaban J connectivity index is 1.84. The molecule has 5 atom stereocenters. The molecule has 0 aromatic carbocycles. The summed E-state index contributed by atoms with van der Waals surface area (Å²) in [6.07, 6.45) is -5.16. The molecule has 1 saturated carbocycles. The minimum atomic E-state index is -5.16. The predicted octanol–water partition coefficient (Wildman–Crippen LogP) is 1.48. The van der Waals surface area contributed by atoms with Crippen LogP contribution in [0, 0.1) is 47.8 Å². The van der Waals surface area contributed by atoms with Crippen molar-refractivity contribution in [1.82, 2.24) is 30.5 Å². The molecule has 1 aliphatic heterocycles. The Morgan fingerprint density at radius 3 is 2.28 bits per heavy atom. The van der Waals surface area contributed by atoms with Gasteiger partial charge in [0.15, 0.2) is 0 Å². The van der Waals surface area contributed by atoms with Crippen molar-refractivity contribution in [1.29, 1.82) is 5.26 Å². The van der Waals surface area contributed by atoms with E-state index in [1.54, 1.807) is 13.8 Å². The van der Waals surface area contributed by atoms with Gasteiger partial charge >= 0.3 is 12.1 Å². The van der Waals surface area contributed by atoms with E-state index >= 15 is 0 Å². The van der Waals surface area contributed by atoms with Gasteiger partial charge in [0.2, 0.25) is 11.8 Å². The number of piperidine rings is 1. The van der Waals surface area contributed by atoms with Crippen LogP contribution >= 0.6 is 0 Å². The number of alkyl halides is 3. The number of carbonyl (C=O) groups is 3. The Labute approximate surface area is 207 Å². The van der Waals surface area contributed by atoms with Crippen LogP contribution in [0.25, 0.3) is 0 Å². The average Bonchev–Trinajstić information content (AvgIpc) is 3.07. The lowest BCUT2D eigenvalue weighted by Crippen LogP contribution is -2.61. The summed E-state index contributed by atoms with van der Waals surface area (Å²) in [5, 5.41) is 22.0. The summed E-state index contributed by atoms with van der Waals surface area (Å²) in [5.74, 6) is -3.81. The second-order valence-corrected chi connectivity index (χ2v) is 11.3. The van der Waals surface area contributed by atoms with Crippen molar-refractivity contribution < 1.29 is 27.6 Å². The van der Waals surface area contributed by atoms with Gasteiger partial charge in [0.1, 0.15) is 18.1 Å². The molecule has 2 heterocycles. The Morgan fingerprint density at radius 2 is 1.81 bits per heavy atom. The van der Waals surface area contributed by atoms with Gasteiger partial charge in [0, 0.05) is 6.54 Å². The van der Waals surface area contributed by atoms with Gasteiger partial charge in [0.05, 0.1) is 24.0 Å². The number of hydrogen-bond donors (Lipinski definition) is 2. The minimum absolute atomic E-state index is 0.0307. The first kappa shape index (κ1) is 27.4. The molecule has 0 unspecified atom stereocenters. The standard InChI is InChI=1S/C23H32F3N7O3/c1-11-12(2)33(31-30-11)9-13(8-27)28-18(34)16-15-14(22(15,6)7)10-32(16)19(35)17(21(3,4)5)29-20(36)23(24,25)26/h13-17H,9-10H2,1-7H3,(H,28,34)(H,29,36)/t13-,14+,15+,16+,17-/m1/s1. The quantitative estimate of drug-likeness (QED) is 0.595.